The number of benzene rings is 2. The predicted octanol–water partition coefficient (Wildman–Crippen LogP) is 4.75. The molecule has 3 nitrogen and oxygen atoms in total. The van der Waals surface area contributed by atoms with Crippen molar-refractivity contribution >= 4 is 17.3 Å². The van der Waals surface area contributed by atoms with Gasteiger partial charge in [0.25, 0.3) is 0 Å². The molecule has 0 atom stereocenters. The molecule has 112 valence electrons. The van der Waals surface area contributed by atoms with Crippen molar-refractivity contribution in [2.45, 2.75) is 19.9 Å². The monoisotopic (exact) mass is 305 g/mol. The molecule has 0 aliphatic rings. The van der Waals surface area contributed by atoms with Crippen molar-refractivity contribution in [1.82, 2.24) is 0 Å². The van der Waals surface area contributed by atoms with E-state index < -0.39 is 0 Å². The smallest absolute Gasteiger partial charge is 0.137 e. The highest BCUT2D eigenvalue weighted by molar-refractivity contribution is 6.32. The van der Waals surface area contributed by atoms with Crippen LogP contribution in [0.25, 0.3) is 0 Å². The molecular formula is C17H20ClNO2. The van der Waals surface area contributed by atoms with Crippen molar-refractivity contribution in [3.05, 3.63) is 53.1 Å². The molecule has 0 radical (unpaired) electrons. The Morgan fingerprint density at radius 3 is 2.62 bits per heavy atom. The quantitative estimate of drug-likeness (QED) is 0.800. The summed E-state index contributed by atoms with van der Waals surface area (Å²) < 4.78 is 10.9. The Morgan fingerprint density at radius 1 is 1.10 bits per heavy atom. The molecule has 2 aromatic carbocycles. The largest absolute Gasteiger partial charge is 0.495 e. The Hall–Kier alpha value is -1.87. The molecule has 2 aromatic rings. The Balaban J connectivity index is 2.04. The van der Waals surface area contributed by atoms with Gasteiger partial charge in [-0.05, 0) is 30.7 Å². The molecule has 4 heteroatoms. The average Bonchev–Trinajstić information content (AvgIpc) is 2.52. The lowest BCUT2D eigenvalue weighted by Gasteiger charge is -2.13. The van der Waals surface area contributed by atoms with Crippen LogP contribution in [-0.4, -0.2) is 13.7 Å². The summed E-state index contributed by atoms with van der Waals surface area (Å²) in [6.45, 7) is 3.51. The van der Waals surface area contributed by atoms with Gasteiger partial charge in [0.1, 0.15) is 11.5 Å². The van der Waals surface area contributed by atoms with Gasteiger partial charge in [0.2, 0.25) is 0 Å². The van der Waals surface area contributed by atoms with E-state index in [1.807, 2.05) is 36.4 Å². The van der Waals surface area contributed by atoms with Crippen molar-refractivity contribution in [3.8, 4) is 11.5 Å². The number of hydrogen-bond acceptors (Lipinski definition) is 3. The molecular weight excluding hydrogens is 286 g/mol. The number of rotatable bonds is 7. The fraction of sp³-hybridized carbons (Fsp3) is 0.294. The number of anilines is 1. The van der Waals surface area contributed by atoms with E-state index in [1.54, 1.807) is 7.11 Å². The second kappa shape index (κ2) is 7.79. The molecule has 0 saturated carbocycles. The van der Waals surface area contributed by atoms with Gasteiger partial charge in [0.15, 0.2) is 0 Å². The van der Waals surface area contributed by atoms with E-state index in [2.05, 4.69) is 18.3 Å². The minimum Gasteiger partial charge on any atom is -0.495 e. The predicted molar refractivity (Wildman–Crippen MR) is 87.6 cm³/mol. The molecule has 0 fully saturated rings. The van der Waals surface area contributed by atoms with Crippen LogP contribution in [0.2, 0.25) is 5.02 Å². The minimum absolute atomic E-state index is 0.595. The summed E-state index contributed by atoms with van der Waals surface area (Å²) in [5.74, 6) is 1.60. The lowest BCUT2D eigenvalue weighted by molar-refractivity contribution is 0.314. The minimum atomic E-state index is 0.595. The normalized spacial score (nSPS) is 10.2. The van der Waals surface area contributed by atoms with E-state index in [9.17, 15) is 0 Å². The molecule has 0 aliphatic heterocycles. The van der Waals surface area contributed by atoms with Crippen LogP contribution in [0.3, 0.4) is 0 Å². The van der Waals surface area contributed by atoms with E-state index in [1.165, 1.54) is 0 Å². The number of ether oxygens (including phenoxy) is 2. The number of halogens is 1. The first-order valence-electron chi connectivity index (χ1n) is 7.02. The van der Waals surface area contributed by atoms with Gasteiger partial charge in [-0.1, -0.05) is 36.7 Å². The van der Waals surface area contributed by atoms with Crippen molar-refractivity contribution in [2.75, 3.05) is 19.0 Å². The highest BCUT2D eigenvalue weighted by atomic mass is 35.5. The molecule has 0 spiro atoms. The molecule has 0 bridgehead atoms. The van der Waals surface area contributed by atoms with Crippen LogP contribution in [0, 0.1) is 0 Å². The second-order valence-electron chi connectivity index (χ2n) is 4.66. The lowest BCUT2D eigenvalue weighted by Crippen LogP contribution is -2.04. The molecule has 0 saturated heterocycles. The van der Waals surface area contributed by atoms with E-state index >= 15 is 0 Å². The molecule has 1 N–H and O–H groups in total. The Labute approximate surface area is 130 Å². The summed E-state index contributed by atoms with van der Waals surface area (Å²) in [6.07, 6.45) is 0.996. The lowest BCUT2D eigenvalue weighted by atomic mass is 10.2. The van der Waals surface area contributed by atoms with E-state index in [4.69, 9.17) is 21.1 Å². The molecule has 0 heterocycles. The van der Waals surface area contributed by atoms with Gasteiger partial charge in [-0.15, -0.1) is 0 Å². The second-order valence-corrected chi connectivity index (χ2v) is 5.07. The van der Waals surface area contributed by atoms with Crippen molar-refractivity contribution in [1.29, 1.82) is 0 Å². The van der Waals surface area contributed by atoms with Gasteiger partial charge in [0, 0.05) is 17.8 Å². The Morgan fingerprint density at radius 2 is 1.90 bits per heavy atom. The first-order valence-corrected chi connectivity index (χ1v) is 7.40. The first-order chi connectivity index (χ1) is 10.2. The fourth-order valence-electron chi connectivity index (χ4n) is 1.98. The third-order valence-electron chi connectivity index (χ3n) is 3.07. The van der Waals surface area contributed by atoms with E-state index in [-0.39, 0.29) is 0 Å². The number of nitrogens with one attached hydrogen (secondary N) is 1. The molecule has 21 heavy (non-hydrogen) atoms. The summed E-state index contributed by atoms with van der Waals surface area (Å²) in [4.78, 5) is 0. The number of hydrogen-bond donors (Lipinski definition) is 1. The maximum absolute atomic E-state index is 6.12. The van der Waals surface area contributed by atoms with Crippen LogP contribution in [0.5, 0.6) is 11.5 Å². The first kappa shape index (κ1) is 15.5. The third kappa shape index (κ3) is 4.30. The molecule has 0 amide bonds. The van der Waals surface area contributed by atoms with E-state index in [0.717, 1.165) is 30.0 Å². The van der Waals surface area contributed by atoms with Crippen LogP contribution in [0.4, 0.5) is 5.69 Å². The molecule has 0 aromatic heterocycles. The summed E-state index contributed by atoms with van der Waals surface area (Å²) in [5, 5.41) is 3.95. The molecule has 0 unspecified atom stereocenters. The highest BCUT2D eigenvalue weighted by Crippen LogP contribution is 2.28. The Kier molecular flexibility index (Phi) is 5.76. The SMILES string of the molecule is CCCOc1ccccc1CNc1ccc(OC)c(Cl)c1. The highest BCUT2D eigenvalue weighted by Gasteiger charge is 2.04. The van der Waals surface area contributed by atoms with Gasteiger partial charge < -0.3 is 14.8 Å². The van der Waals surface area contributed by atoms with Gasteiger partial charge in [-0.3, -0.25) is 0 Å². The zero-order chi connectivity index (χ0) is 15.1. The fourth-order valence-corrected chi connectivity index (χ4v) is 2.23. The van der Waals surface area contributed by atoms with Crippen LogP contribution >= 0.6 is 11.6 Å². The maximum Gasteiger partial charge on any atom is 0.137 e. The number of methoxy groups -OCH3 is 1. The molecule has 0 aliphatic carbocycles. The zero-order valence-corrected chi connectivity index (χ0v) is 13.1. The van der Waals surface area contributed by atoms with Gasteiger partial charge >= 0.3 is 0 Å². The van der Waals surface area contributed by atoms with Gasteiger partial charge in [-0.25, -0.2) is 0 Å². The van der Waals surface area contributed by atoms with Gasteiger partial charge in [0.05, 0.1) is 18.7 Å². The maximum atomic E-state index is 6.12. The van der Waals surface area contributed by atoms with Crippen LogP contribution < -0.4 is 14.8 Å². The van der Waals surface area contributed by atoms with Crippen molar-refractivity contribution < 1.29 is 9.47 Å². The zero-order valence-electron chi connectivity index (χ0n) is 12.4. The standard InChI is InChI=1S/C17H20ClNO2/c1-3-10-21-16-7-5-4-6-13(16)12-19-14-8-9-17(20-2)15(18)11-14/h4-9,11,19H,3,10,12H2,1-2H3. The van der Waals surface area contributed by atoms with E-state index in [0.29, 0.717) is 17.3 Å². The van der Waals surface area contributed by atoms with Crippen molar-refractivity contribution in [3.63, 3.8) is 0 Å². The Bertz CT molecular complexity index is 587. The summed E-state index contributed by atoms with van der Waals surface area (Å²) >= 11 is 6.12. The summed E-state index contributed by atoms with van der Waals surface area (Å²) in [7, 11) is 1.61. The van der Waals surface area contributed by atoms with Crippen LogP contribution in [0.15, 0.2) is 42.5 Å². The van der Waals surface area contributed by atoms with Crippen LogP contribution in [0.1, 0.15) is 18.9 Å². The summed E-state index contributed by atoms with van der Waals surface area (Å²) in [5.41, 5.74) is 2.07. The van der Waals surface area contributed by atoms with Crippen LogP contribution in [-0.2, 0) is 6.54 Å². The van der Waals surface area contributed by atoms with Crippen molar-refractivity contribution in [2.24, 2.45) is 0 Å². The molecule has 2 rings (SSSR count). The van der Waals surface area contributed by atoms with Gasteiger partial charge in [-0.2, -0.15) is 0 Å². The summed E-state index contributed by atoms with van der Waals surface area (Å²) in [6, 6.07) is 13.7. The number of para-hydroxylation sites is 1. The third-order valence-corrected chi connectivity index (χ3v) is 3.36. The average molecular weight is 306 g/mol. The topological polar surface area (TPSA) is 30.5 Å².